The van der Waals surface area contributed by atoms with Crippen LogP contribution >= 0.6 is 0 Å². The number of rotatable bonds is 2. The van der Waals surface area contributed by atoms with Crippen molar-refractivity contribution in [2.75, 3.05) is 0 Å². The standard InChI is InChI=1S/C29H37NO5/c1-18-9-7-13-22(31)15-16-25(32)35-29-23(14-8-10-18)27(33)20(3)19(2)26(29)24(30-28(29)34)17-21-11-5-4-6-12-21/h4-6,8,11-12,14-16,18-19,22-24,26-27,31,33H,3,7,9-10,13,17H2,1-2H3,(H,30,34)/b14-8+,16-15+/t18-,19-,22-,23+,24+,26+,27-,29?/m1/s1. The number of ether oxygens (including phenoxy) is 1. The summed E-state index contributed by atoms with van der Waals surface area (Å²) in [6.45, 7) is 8.27. The molecule has 1 amide bonds. The van der Waals surface area contributed by atoms with E-state index in [1.807, 2.05) is 49.4 Å². The molecule has 188 valence electrons. The first-order valence-corrected chi connectivity index (χ1v) is 12.7. The fraction of sp³-hybridized carbons (Fsp3) is 0.517. The number of aliphatic hydroxyl groups is 2. The molecule has 3 N–H and O–H groups in total. The van der Waals surface area contributed by atoms with E-state index in [4.69, 9.17) is 4.74 Å². The summed E-state index contributed by atoms with van der Waals surface area (Å²) in [5.41, 5.74) is 0.136. The number of nitrogens with one attached hydrogen (secondary N) is 1. The molecule has 35 heavy (non-hydrogen) atoms. The van der Waals surface area contributed by atoms with Crippen molar-refractivity contribution in [3.8, 4) is 0 Å². The van der Waals surface area contributed by atoms with E-state index in [9.17, 15) is 19.8 Å². The van der Waals surface area contributed by atoms with Gasteiger partial charge in [-0.25, -0.2) is 4.79 Å². The highest BCUT2D eigenvalue weighted by Crippen LogP contribution is 2.52. The molecule has 3 aliphatic rings. The Bertz CT molecular complexity index is 1000. The van der Waals surface area contributed by atoms with E-state index in [0.717, 1.165) is 24.8 Å². The molecule has 1 saturated heterocycles. The second kappa shape index (κ2) is 10.5. The van der Waals surface area contributed by atoms with Crippen molar-refractivity contribution in [1.82, 2.24) is 5.32 Å². The van der Waals surface area contributed by atoms with Crippen LogP contribution in [-0.4, -0.2) is 45.9 Å². The van der Waals surface area contributed by atoms with E-state index >= 15 is 0 Å². The lowest BCUT2D eigenvalue weighted by Gasteiger charge is -2.49. The fourth-order valence-electron chi connectivity index (χ4n) is 6.09. The second-order valence-corrected chi connectivity index (χ2v) is 10.5. The number of benzene rings is 1. The average molecular weight is 480 g/mol. The van der Waals surface area contributed by atoms with Gasteiger partial charge in [0.25, 0.3) is 5.91 Å². The third-order valence-corrected chi connectivity index (χ3v) is 8.04. The summed E-state index contributed by atoms with van der Waals surface area (Å²) in [5, 5.41) is 24.7. The van der Waals surface area contributed by atoms with Crippen molar-refractivity contribution in [2.45, 2.75) is 69.8 Å². The predicted octanol–water partition coefficient (Wildman–Crippen LogP) is 3.49. The van der Waals surface area contributed by atoms with Gasteiger partial charge in [-0.2, -0.15) is 0 Å². The van der Waals surface area contributed by atoms with Crippen LogP contribution in [0.2, 0.25) is 0 Å². The molecule has 1 aromatic carbocycles. The lowest BCUT2D eigenvalue weighted by molar-refractivity contribution is -0.182. The zero-order chi connectivity index (χ0) is 25.2. The van der Waals surface area contributed by atoms with Crippen molar-refractivity contribution >= 4 is 11.9 Å². The molecule has 1 spiro atoms. The molecule has 1 aromatic rings. The smallest absolute Gasteiger partial charge is 0.331 e. The molecule has 6 nitrogen and oxygen atoms in total. The predicted molar refractivity (Wildman–Crippen MR) is 134 cm³/mol. The fourth-order valence-corrected chi connectivity index (χ4v) is 6.09. The van der Waals surface area contributed by atoms with Gasteiger partial charge in [0.2, 0.25) is 5.60 Å². The number of amides is 1. The number of hydrogen-bond acceptors (Lipinski definition) is 5. The number of allylic oxidation sites excluding steroid dienone is 1. The Hall–Kier alpha value is -2.70. The highest BCUT2D eigenvalue weighted by molar-refractivity contribution is 5.94. The molecule has 1 aliphatic carbocycles. The van der Waals surface area contributed by atoms with Crippen LogP contribution in [0.15, 0.2) is 66.8 Å². The third kappa shape index (κ3) is 5.00. The van der Waals surface area contributed by atoms with E-state index in [-0.39, 0.29) is 17.9 Å². The second-order valence-electron chi connectivity index (χ2n) is 10.5. The summed E-state index contributed by atoms with van der Waals surface area (Å²) in [6, 6.07) is 9.59. The number of esters is 1. The van der Waals surface area contributed by atoms with Crippen molar-refractivity contribution in [3.63, 3.8) is 0 Å². The maximum atomic E-state index is 13.7. The van der Waals surface area contributed by atoms with Gasteiger partial charge in [-0.3, -0.25) is 4.79 Å². The molecule has 0 aromatic heterocycles. The summed E-state index contributed by atoms with van der Waals surface area (Å²) in [7, 11) is 0. The Morgan fingerprint density at radius 2 is 1.86 bits per heavy atom. The maximum Gasteiger partial charge on any atom is 0.331 e. The molecule has 0 radical (unpaired) electrons. The van der Waals surface area contributed by atoms with Crippen LogP contribution in [0.4, 0.5) is 0 Å². The molecule has 2 heterocycles. The Morgan fingerprint density at radius 3 is 2.60 bits per heavy atom. The van der Waals surface area contributed by atoms with Crippen LogP contribution in [0, 0.1) is 23.7 Å². The van der Waals surface area contributed by atoms with Gasteiger partial charge in [0.1, 0.15) is 0 Å². The SMILES string of the molecule is C=C1[C@@H](C)[C@H]2[C@H](Cc3ccccc3)NC(=O)C23OC(=O)/C=C/[C@H](O)CCC[C@@H](C)C/C=C/[C@H]3[C@@H]1O. The minimum absolute atomic E-state index is 0.262. The molecule has 2 aliphatic heterocycles. The van der Waals surface area contributed by atoms with Crippen molar-refractivity contribution in [1.29, 1.82) is 0 Å². The summed E-state index contributed by atoms with van der Waals surface area (Å²) in [4.78, 5) is 26.8. The zero-order valence-electron chi connectivity index (χ0n) is 20.6. The molecular weight excluding hydrogens is 442 g/mol. The number of aliphatic hydroxyl groups excluding tert-OH is 2. The van der Waals surface area contributed by atoms with Gasteiger partial charge >= 0.3 is 5.97 Å². The van der Waals surface area contributed by atoms with Crippen LogP contribution in [0.1, 0.15) is 45.1 Å². The van der Waals surface area contributed by atoms with Crippen molar-refractivity contribution in [3.05, 3.63) is 72.4 Å². The van der Waals surface area contributed by atoms with Crippen LogP contribution < -0.4 is 5.32 Å². The lowest BCUT2D eigenvalue weighted by atomic mass is 9.59. The Labute approximate surface area is 207 Å². The molecule has 0 bridgehead atoms. The highest BCUT2D eigenvalue weighted by Gasteiger charge is 2.67. The molecular formula is C29H37NO5. The van der Waals surface area contributed by atoms with Crippen LogP contribution in [0.5, 0.6) is 0 Å². The van der Waals surface area contributed by atoms with E-state index in [1.165, 1.54) is 12.2 Å². The minimum atomic E-state index is -1.57. The van der Waals surface area contributed by atoms with E-state index in [0.29, 0.717) is 24.3 Å². The largest absolute Gasteiger partial charge is 0.445 e. The first-order valence-electron chi connectivity index (χ1n) is 12.7. The Balaban J connectivity index is 1.78. The van der Waals surface area contributed by atoms with E-state index in [2.05, 4.69) is 18.8 Å². The maximum absolute atomic E-state index is 13.7. The van der Waals surface area contributed by atoms with Gasteiger partial charge in [-0.1, -0.05) is 75.8 Å². The average Bonchev–Trinajstić information content (AvgIpc) is 3.09. The molecule has 8 atom stereocenters. The van der Waals surface area contributed by atoms with Crippen LogP contribution in [-0.2, 0) is 20.7 Å². The summed E-state index contributed by atoms with van der Waals surface area (Å²) >= 11 is 0. The zero-order valence-corrected chi connectivity index (χ0v) is 20.6. The molecule has 6 heteroatoms. The lowest BCUT2D eigenvalue weighted by Crippen LogP contribution is -2.61. The van der Waals surface area contributed by atoms with Crippen LogP contribution in [0.3, 0.4) is 0 Å². The number of carbonyl (C=O) groups excluding carboxylic acids is 2. The van der Waals surface area contributed by atoms with Crippen molar-refractivity contribution < 1.29 is 24.5 Å². The number of hydrogen-bond donors (Lipinski definition) is 3. The van der Waals surface area contributed by atoms with Gasteiger partial charge in [0, 0.05) is 18.0 Å². The van der Waals surface area contributed by atoms with Gasteiger partial charge in [0.15, 0.2) is 0 Å². The van der Waals surface area contributed by atoms with Gasteiger partial charge < -0.3 is 20.3 Å². The molecule has 4 rings (SSSR count). The minimum Gasteiger partial charge on any atom is -0.445 e. The summed E-state index contributed by atoms with van der Waals surface area (Å²) in [6.07, 6.45) is 8.39. The summed E-state index contributed by atoms with van der Waals surface area (Å²) < 4.78 is 6.05. The quantitative estimate of drug-likeness (QED) is 0.446. The van der Waals surface area contributed by atoms with Gasteiger partial charge in [-0.15, -0.1) is 0 Å². The van der Waals surface area contributed by atoms with E-state index < -0.39 is 35.6 Å². The van der Waals surface area contributed by atoms with Crippen LogP contribution in [0.25, 0.3) is 0 Å². The Kier molecular flexibility index (Phi) is 7.62. The summed E-state index contributed by atoms with van der Waals surface area (Å²) in [5.74, 6) is -2.13. The third-order valence-electron chi connectivity index (χ3n) is 8.04. The monoisotopic (exact) mass is 479 g/mol. The van der Waals surface area contributed by atoms with Crippen molar-refractivity contribution in [2.24, 2.45) is 23.7 Å². The van der Waals surface area contributed by atoms with Gasteiger partial charge in [0.05, 0.1) is 18.1 Å². The topological polar surface area (TPSA) is 95.9 Å². The molecule has 2 fully saturated rings. The highest BCUT2D eigenvalue weighted by atomic mass is 16.6. The van der Waals surface area contributed by atoms with E-state index in [1.54, 1.807) is 0 Å². The Morgan fingerprint density at radius 1 is 1.11 bits per heavy atom. The van der Waals surface area contributed by atoms with Gasteiger partial charge in [-0.05, 0) is 48.3 Å². The number of carbonyl (C=O) groups is 2. The molecule has 1 saturated carbocycles. The first kappa shape index (κ1) is 25.4. The first-order chi connectivity index (χ1) is 16.7. The molecule has 1 unspecified atom stereocenters. The normalized spacial score (nSPS) is 40.0.